The Morgan fingerprint density at radius 3 is 2.58 bits per heavy atom. The lowest BCUT2D eigenvalue weighted by molar-refractivity contribution is 0.109. The number of aromatic nitrogens is 5. The SMILES string of the molecule is OC(CN1CCN(c2ccc3nnnn3n2)CC1)c1ccccc1. The largest absolute Gasteiger partial charge is 0.387 e. The number of rotatable bonds is 4. The van der Waals surface area contributed by atoms with Crippen LogP contribution in [-0.2, 0) is 0 Å². The average Bonchev–Trinajstić information content (AvgIpc) is 3.11. The minimum Gasteiger partial charge on any atom is -0.387 e. The van der Waals surface area contributed by atoms with Crippen LogP contribution < -0.4 is 4.90 Å². The first-order valence-corrected chi connectivity index (χ1v) is 8.05. The normalized spacial score (nSPS) is 17.3. The lowest BCUT2D eigenvalue weighted by atomic mass is 10.1. The van der Waals surface area contributed by atoms with Gasteiger partial charge >= 0.3 is 0 Å². The Balaban J connectivity index is 1.36. The van der Waals surface area contributed by atoms with Crippen LogP contribution in [0.4, 0.5) is 5.82 Å². The summed E-state index contributed by atoms with van der Waals surface area (Å²) in [5.74, 6) is 0.873. The first-order chi connectivity index (χ1) is 11.8. The number of fused-ring (bicyclic) bond motifs is 1. The molecule has 4 rings (SSSR count). The highest BCUT2D eigenvalue weighted by Crippen LogP contribution is 2.17. The van der Waals surface area contributed by atoms with Gasteiger partial charge in [-0.25, -0.2) is 0 Å². The fourth-order valence-corrected chi connectivity index (χ4v) is 2.99. The molecule has 1 atom stereocenters. The number of aliphatic hydroxyl groups is 1. The number of benzene rings is 1. The number of nitrogens with zero attached hydrogens (tertiary/aromatic N) is 7. The second kappa shape index (κ2) is 6.50. The summed E-state index contributed by atoms with van der Waals surface area (Å²) in [6, 6.07) is 13.6. The molecule has 3 aromatic rings. The first-order valence-electron chi connectivity index (χ1n) is 8.05. The van der Waals surface area contributed by atoms with Crippen molar-refractivity contribution in [1.29, 1.82) is 0 Å². The van der Waals surface area contributed by atoms with Gasteiger partial charge in [-0.2, -0.15) is 0 Å². The molecule has 1 aliphatic heterocycles. The summed E-state index contributed by atoms with van der Waals surface area (Å²) in [5.41, 5.74) is 1.61. The molecule has 1 N–H and O–H groups in total. The maximum absolute atomic E-state index is 10.4. The van der Waals surface area contributed by atoms with E-state index in [1.54, 1.807) is 0 Å². The molecule has 0 saturated carbocycles. The number of hydrogen-bond donors (Lipinski definition) is 1. The highest BCUT2D eigenvalue weighted by atomic mass is 16.3. The minimum atomic E-state index is -0.451. The zero-order valence-corrected chi connectivity index (χ0v) is 13.2. The smallest absolute Gasteiger partial charge is 0.200 e. The van der Waals surface area contributed by atoms with Crippen molar-refractivity contribution in [1.82, 2.24) is 30.2 Å². The third-order valence-electron chi connectivity index (χ3n) is 4.37. The monoisotopic (exact) mass is 325 g/mol. The van der Waals surface area contributed by atoms with E-state index in [0.29, 0.717) is 12.2 Å². The molecule has 2 aromatic heterocycles. The summed E-state index contributed by atoms with van der Waals surface area (Å²) in [7, 11) is 0. The van der Waals surface area contributed by atoms with Gasteiger partial charge in [0.1, 0.15) is 0 Å². The van der Waals surface area contributed by atoms with Gasteiger partial charge < -0.3 is 10.0 Å². The van der Waals surface area contributed by atoms with Crippen LogP contribution in [0.2, 0.25) is 0 Å². The molecule has 0 spiro atoms. The predicted molar refractivity (Wildman–Crippen MR) is 88.6 cm³/mol. The molecule has 8 heteroatoms. The maximum atomic E-state index is 10.4. The van der Waals surface area contributed by atoms with E-state index < -0.39 is 6.10 Å². The van der Waals surface area contributed by atoms with Crippen LogP contribution in [0.25, 0.3) is 5.65 Å². The lowest BCUT2D eigenvalue weighted by Gasteiger charge is -2.36. The van der Waals surface area contributed by atoms with Crippen LogP contribution in [0.1, 0.15) is 11.7 Å². The number of piperazine rings is 1. The van der Waals surface area contributed by atoms with Crippen molar-refractivity contribution in [3.8, 4) is 0 Å². The van der Waals surface area contributed by atoms with Crippen molar-refractivity contribution in [2.45, 2.75) is 6.10 Å². The van der Waals surface area contributed by atoms with E-state index in [-0.39, 0.29) is 0 Å². The van der Waals surface area contributed by atoms with Crippen LogP contribution in [-0.4, -0.2) is 68.0 Å². The molecule has 0 radical (unpaired) electrons. The number of tetrazole rings is 1. The van der Waals surface area contributed by atoms with Crippen LogP contribution in [0.5, 0.6) is 0 Å². The Morgan fingerprint density at radius 2 is 1.79 bits per heavy atom. The molecule has 1 aliphatic rings. The Labute approximate surface area is 139 Å². The highest BCUT2D eigenvalue weighted by Gasteiger charge is 2.21. The van der Waals surface area contributed by atoms with E-state index in [4.69, 9.17) is 0 Å². The predicted octanol–water partition coefficient (Wildman–Crippen LogP) is 0.375. The molecule has 1 fully saturated rings. The van der Waals surface area contributed by atoms with Crippen molar-refractivity contribution < 1.29 is 5.11 Å². The summed E-state index contributed by atoms with van der Waals surface area (Å²) in [6.07, 6.45) is -0.451. The van der Waals surface area contributed by atoms with Gasteiger partial charge in [0.15, 0.2) is 11.5 Å². The van der Waals surface area contributed by atoms with Gasteiger partial charge in [0, 0.05) is 32.7 Å². The molecule has 124 valence electrons. The van der Waals surface area contributed by atoms with Gasteiger partial charge in [0.25, 0.3) is 0 Å². The van der Waals surface area contributed by atoms with E-state index in [0.717, 1.165) is 37.6 Å². The highest BCUT2D eigenvalue weighted by molar-refractivity contribution is 5.44. The van der Waals surface area contributed by atoms with Crippen LogP contribution >= 0.6 is 0 Å². The van der Waals surface area contributed by atoms with Gasteiger partial charge in [0.05, 0.1) is 6.10 Å². The first kappa shape index (κ1) is 15.0. The zero-order chi connectivity index (χ0) is 16.4. The molecule has 0 aliphatic carbocycles. The van der Waals surface area contributed by atoms with E-state index in [1.165, 1.54) is 4.63 Å². The molecular formula is C16H19N7O. The van der Waals surface area contributed by atoms with E-state index >= 15 is 0 Å². The average molecular weight is 325 g/mol. The van der Waals surface area contributed by atoms with Gasteiger partial charge in [-0.3, -0.25) is 4.90 Å². The van der Waals surface area contributed by atoms with Crippen molar-refractivity contribution in [2.75, 3.05) is 37.6 Å². The fraction of sp³-hybridized carbons (Fsp3) is 0.375. The fourth-order valence-electron chi connectivity index (χ4n) is 2.99. The van der Waals surface area contributed by atoms with Crippen LogP contribution in [0, 0.1) is 0 Å². The molecule has 1 unspecified atom stereocenters. The number of β-amino-alcohol motifs (C(OH)–C–C–N with tert-alkyl or cyclic N) is 1. The molecule has 3 heterocycles. The van der Waals surface area contributed by atoms with Crippen molar-refractivity contribution in [2.24, 2.45) is 0 Å². The summed E-state index contributed by atoms with van der Waals surface area (Å²) >= 11 is 0. The van der Waals surface area contributed by atoms with Gasteiger partial charge in [-0.05, 0) is 28.1 Å². The second-order valence-electron chi connectivity index (χ2n) is 5.93. The summed E-state index contributed by atoms with van der Waals surface area (Å²) in [4.78, 5) is 4.50. The van der Waals surface area contributed by atoms with Gasteiger partial charge in [-0.15, -0.1) is 14.8 Å². The molecule has 0 amide bonds. The number of hydrogen-bond acceptors (Lipinski definition) is 7. The van der Waals surface area contributed by atoms with E-state index in [2.05, 4.69) is 30.4 Å². The molecule has 8 nitrogen and oxygen atoms in total. The second-order valence-corrected chi connectivity index (χ2v) is 5.93. The quantitative estimate of drug-likeness (QED) is 0.742. The maximum Gasteiger partial charge on any atom is 0.200 e. The Morgan fingerprint density at radius 1 is 1.00 bits per heavy atom. The summed E-state index contributed by atoms with van der Waals surface area (Å²) in [5, 5.41) is 26.1. The minimum absolute atomic E-state index is 0.451. The Bertz CT molecular complexity index is 798. The number of anilines is 1. The summed E-state index contributed by atoms with van der Waals surface area (Å²) < 4.78 is 1.45. The number of aliphatic hydroxyl groups excluding tert-OH is 1. The Kier molecular flexibility index (Phi) is 4.06. The molecule has 0 bridgehead atoms. The summed E-state index contributed by atoms with van der Waals surface area (Å²) in [6.45, 7) is 4.15. The lowest BCUT2D eigenvalue weighted by Crippen LogP contribution is -2.48. The zero-order valence-electron chi connectivity index (χ0n) is 13.2. The Hall–Kier alpha value is -2.58. The van der Waals surface area contributed by atoms with Gasteiger partial charge in [0.2, 0.25) is 0 Å². The molecule has 1 aromatic carbocycles. The van der Waals surface area contributed by atoms with Crippen molar-refractivity contribution in [3.05, 3.63) is 48.0 Å². The van der Waals surface area contributed by atoms with Crippen molar-refractivity contribution in [3.63, 3.8) is 0 Å². The topological polar surface area (TPSA) is 82.7 Å². The molecular weight excluding hydrogens is 306 g/mol. The van der Waals surface area contributed by atoms with Crippen LogP contribution in [0.3, 0.4) is 0 Å². The third-order valence-corrected chi connectivity index (χ3v) is 4.37. The van der Waals surface area contributed by atoms with Crippen LogP contribution in [0.15, 0.2) is 42.5 Å². The van der Waals surface area contributed by atoms with E-state index in [1.807, 2.05) is 42.5 Å². The molecule has 1 saturated heterocycles. The van der Waals surface area contributed by atoms with E-state index in [9.17, 15) is 5.11 Å². The van der Waals surface area contributed by atoms with Gasteiger partial charge in [-0.1, -0.05) is 30.3 Å². The molecule has 24 heavy (non-hydrogen) atoms. The van der Waals surface area contributed by atoms with Crippen molar-refractivity contribution >= 4 is 11.5 Å². The standard InChI is InChI=1S/C16H19N7O/c24-14(13-4-2-1-3-5-13)12-21-8-10-22(11-9-21)16-7-6-15-17-19-20-23(15)18-16/h1-7,14,24H,8-12H2. The third kappa shape index (κ3) is 3.06.